The first-order chi connectivity index (χ1) is 13.7. The number of benzene rings is 2. The zero-order valence-electron chi connectivity index (χ0n) is 15.5. The molecule has 0 aliphatic carbocycles. The Morgan fingerprint density at radius 1 is 1.00 bits per heavy atom. The molecule has 3 aliphatic rings. The van der Waals surface area contributed by atoms with Crippen molar-refractivity contribution in [3.63, 3.8) is 0 Å². The van der Waals surface area contributed by atoms with E-state index in [-0.39, 0.29) is 11.9 Å². The van der Waals surface area contributed by atoms with Crippen LogP contribution in [0.4, 0.5) is 0 Å². The van der Waals surface area contributed by atoms with Crippen molar-refractivity contribution in [2.24, 2.45) is 0 Å². The molecule has 5 nitrogen and oxygen atoms in total. The van der Waals surface area contributed by atoms with Crippen LogP contribution in [0.3, 0.4) is 0 Å². The minimum atomic E-state index is -0.477. The van der Waals surface area contributed by atoms with Crippen LogP contribution >= 0.6 is 11.6 Å². The van der Waals surface area contributed by atoms with Gasteiger partial charge in [-0.15, -0.1) is 0 Å². The van der Waals surface area contributed by atoms with Crippen LogP contribution in [0.1, 0.15) is 36.4 Å². The van der Waals surface area contributed by atoms with Crippen molar-refractivity contribution < 1.29 is 19.0 Å². The zero-order valence-corrected chi connectivity index (χ0v) is 16.3. The van der Waals surface area contributed by atoms with E-state index >= 15 is 0 Å². The Morgan fingerprint density at radius 2 is 1.82 bits per heavy atom. The molecule has 2 aromatic rings. The number of ether oxygens (including phenoxy) is 3. The quantitative estimate of drug-likeness (QED) is 0.760. The number of likely N-dealkylation sites (tertiary alicyclic amines) is 1. The van der Waals surface area contributed by atoms with Gasteiger partial charge in [-0.3, -0.25) is 4.79 Å². The highest BCUT2D eigenvalue weighted by molar-refractivity contribution is 6.30. The molecule has 0 bridgehead atoms. The van der Waals surface area contributed by atoms with Gasteiger partial charge in [0.05, 0.1) is 19.3 Å². The number of amides is 1. The second-order valence-electron chi connectivity index (χ2n) is 7.51. The summed E-state index contributed by atoms with van der Waals surface area (Å²) in [7, 11) is 0. The largest absolute Gasteiger partial charge is 0.490 e. The topological polar surface area (TPSA) is 48.0 Å². The maximum atomic E-state index is 13.2. The summed E-state index contributed by atoms with van der Waals surface area (Å²) in [6.07, 6.45) is 2.89. The molecule has 0 unspecified atom stereocenters. The van der Waals surface area contributed by atoms with Crippen LogP contribution in [0.25, 0.3) is 0 Å². The molecule has 2 atom stereocenters. The first-order valence-corrected chi connectivity index (χ1v) is 10.2. The van der Waals surface area contributed by atoms with Gasteiger partial charge in [0.2, 0.25) is 0 Å². The zero-order chi connectivity index (χ0) is 19.1. The number of nitrogens with zero attached hydrogens (tertiary/aromatic N) is 1. The average Bonchev–Trinajstić information content (AvgIpc) is 3.28. The maximum absolute atomic E-state index is 13.2. The Hall–Kier alpha value is -2.40. The van der Waals surface area contributed by atoms with Crippen LogP contribution < -0.4 is 14.2 Å². The first kappa shape index (κ1) is 17.7. The van der Waals surface area contributed by atoms with Gasteiger partial charge in [-0.25, -0.2) is 0 Å². The normalized spacial score (nSPS) is 23.1. The van der Waals surface area contributed by atoms with Crippen molar-refractivity contribution in [3.05, 3.63) is 52.5 Å². The second-order valence-corrected chi connectivity index (χ2v) is 7.95. The molecule has 1 saturated heterocycles. The summed E-state index contributed by atoms with van der Waals surface area (Å²) in [5.74, 6) is 2.35. The van der Waals surface area contributed by atoms with Crippen molar-refractivity contribution in [1.29, 1.82) is 0 Å². The van der Waals surface area contributed by atoms with Crippen molar-refractivity contribution in [3.8, 4) is 17.2 Å². The molecule has 0 saturated carbocycles. The number of rotatable bonds is 2. The van der Waals surface area contributed by atoms with Gasteiger partial charge in [0.1, 0.15) is 5.75 Å². The lowest BCUT2D eigenvalue weighted by Crippen LogP contribution is -2.40. The van der Waals surface area contributed by atoms with E-state index in [0.29, 0.717) is 24.7 Å². The summed E-state index contributed by atoms with van der Waals surface area (Å²) in [6, 6.07) is 11.6. The summed E-state index contributed by atoms with van der Waals surface area (Å²) in [5, 5.41) is 0.668. The Kier molecular flexibility index (Phi) is 4.55. The molecule has 1 amide bonds. The minimum Gasteiger partial charge on any atom is -0.490 e. The SMILES string of the molecule is O=C([C@@H]1Cc2cc(Cl)ccc2O1)N1CCC[C@@H]1c1ccc2c(c1)OCCCO2. The third kappa shape index (κ3) is 3.18. The molecule has 1 fully saturated rings. The van der Waals surface area contributed by atoms with Gasteiger partial charge in [0.15, 0.2) is 17.6 Å². The molecule has 6 heteroatoms. The summed E-state index contributed by atoms with van der Waals surface area (Å²) in [4.78, 5) is 15.2. The molecule has 3 aliphatic heterocycles. The third-order valence-electron chi connectivity index (χ3n) is 5.66. The van der Waals surface area contributed by atoms with Crippen LogP contribution in [-0.2, 0) is 11.2 Å². The molecular formula is C22H22ClNO4. The van der Waals surface area contributed by atoms with Crippen LogP contribution in [0.5, 0.6) is 17.2 Å². The molecule has 0 radical (unpaired) electrons. The van der Waals surface area contributed by atoms with Crippen LogP contribution in [0, 0.1) is 0 Å². The number of carbonyl (C=O) groups is 1. The molecule has 146 valence electrons. The van der Waals surface area contributed by atoms with E-state index < -0.39 is 6.10 Å². The van der Waals surface area contributed by atoms with Gasteiger partial charge in [-0.05, 0) is 54.3 Å². The fourth-order valence-corrected chi connectivity index (χ4v) is 4.50. The number of hydrogen-bond donors (Lipinski definition) is 0. The number of carbonyl (C=O) groups excluding carboxylic acids is 1. The van der Waals surface area contributed by atoms with E-state index in [4.69, 9.17) is 25.8 Å². The molecule has 0 spiro atoms. The fraction of sp³-hybridized carbons (Fsp3) is 0.409. The predicted octanol–water partition coefficient (Wildman–Crippen LogP) is 4.17. The van der Waals surface area contributed by atoms with Crippen molar-refractivity contribution in [2.45, 2.75) is 37.8 Å². The summed E-state index contributed by atoms with van der Waals surface area (Å²) in [6.45, 7) is 2.07. The van der Waals surface area contributed by atoms with E-state index in [1.165, 1.54) is 0 Å². The standard InChI is InChI=1S/C22H22ClNO4/c23-16-5-7-18-15(11-16)13-21(28-18)22(25)24-8-1-3-17(24)14-4-6-19-20(12-14)27-10-2-9-26-19/h4-7,11-12,17,21H,1-3,8-10,13H2/t17-,21+/m1/s1. The molecular weight excluding hydrogens is 378 g/mol. The van der Waals surface area contributed by atoms with E-state index in [0.717, 1.165) is 54.2 Å². The Morgan fingerprint density at radius 3 is 2.71 bits per heavy atom. The molecule has 28 heavy (non-hydrogen) atoms. The summed E-state index contributed by atoms with van der Waals surface area (Å²) >= 11 is 6.08. The Balaban J connectivity index is 1.36. The fourth-order valence-electron chi connectivity index (χ4n) is 4.30. The van der Waals surface area contributed by atoms with Crippen LogP contribution in [0.2, 0.25) is 5.02 Å². The number of hydrogen-bond acceptors (Lipinski definition) is 4. The van der Waals surface area contributed by atoms with E-state index in [2.05, 4.69) is 0 Å². The number of fused-ring (bicyclic) bond motifs is 2. The summed E-state index contributed by atoms with van der Waals surface area (Å²) in [5.41, 5.74) is 2.09. The highest BCUT2D eigenvalue weighted by Crippen LogP contribution is 2.39. The average molecular weight is 400 g/mol. The minimum absolute atomic E-state index is 0.0422. The van der Waals surface area contributed by atoms with Gasteiger partial charge >= 0.3 is 0 Å². The van der Waals surface area contributed by atoms with Gasteiger partial charge in [0, 0.05) is 24.4 Å². The molecule has 0 N–H and O–H groups in total. The summed E-state index contributed by atoms with van der Waals surface area (Å²) < 4.78 is 17.5. The van der Waals surface area contributed by atoms with Crippen LogP contribution in [0.15, 0.2) is 36.4 Å². The number of halogens is 1. The Labute approximate surface area is 169 Å². The molecule has 0 aromatic heterocycles. The lowest BCUT2D eigenvalue weighted by molar-refractivity contribution is -0.138. The van der Waals surface area contributed by atoms with Crippen molar-refractivity contribution in [2.75, 3.05) is 19.8 Å². The smallest absolute Gasteiger partial charge is 0.264 e. The van der Waals surface area contributed by atoms with Crippen molar-refractivity contribution in [1.82, 2.24) is 4.90 Å². The lowest BCUT2D eigenvalue weighted by atomic mass is 10.0. The maximum Gasteiger partial charge on any atom is 0.264 e. The van der Waals surface area contributed by atoms with Gasteiger partial charge in [0.25, 0.3) is 5.91 Å². The molecule has 3 heterocycles. The third-order valence-corrected chi connectivity index (χ3v) is 5.90. The highest BCUT2D eigenvalue weighted by atomic mass is 35.5. The van der Waals surface area contributed by atoms with E-state index in [9.17, 15) is 4.79 Å². The van der Waals surface area contributed by atoms with Crippen LogP contribution in [-0.4, -0.2) is 36.7 Å². The van der Waals surface area contributed by atoms with Gasteiger partial charge < -0.3 is 19.1 Å². The van der Waals surface area contributed by atoms with Crippen molar-refractivity contribution >= 4 is 17.5 Å². The van der Waals surface area contributed by atoms with Gasteiger partial charge in [-0.2, -0.15) is 0 Å². The first-order valence-electron chi connectivity index (χ1n) is 9.84. The monoisotopic (exact) mass is 399 g/mol. The lowest BCUT2D eigenvalue weighted by Gasteiger charge is -2.27. The molecule has 2 aromatic carbocycles. The second kappa shape index (κ2) is 7.21. The Bertz CT molecular complexity index is 915. The van der Waals surface area contributed by atoms with E-state index in [1.807, 2.05) is 35.2 Å². The van der Waals surface area contributed by atoms with Gasteiger partial charge in [-0.1, -0.05) is 17.7 Å². The highest BCUT2D eigenvalue weighted by Gasteiger charge is 2.38. The predicted molar refractivity (Wildman–Crippen MR) is 105 cm³/mol. The molecule has 5 rings (SSSR count). The van der Waals surface area contributed by atoms with E-state index in [1.54, 1.807) is 6.07 Å².